The summed E-state index contributed by atoms with van der Waals surface area (Å²) in [5, 5.41) is 8.03. The highest BCUT2D eigenvalue weighted by Gasteiger charge is 2.44. The molecule has 1 aliphatic heterocycles. The van der Waals surface area contributed by atoms with Gasteiger partial charge in [-0.05, 0) is 23.8 Å². The lowest BCUT2D eigenvalue weighted by Gasteiger charge is -2.48. The fraction of sp³-hybridized carbons (Fsp3) is 0.250. The number of amides is 1. The molecule has 0 radical (unpaired) electrons. The quantitative estimate of drug-likeness (QED) is 0.712. The highest BCUT2D eigenvalue weighted by atomic mass is 19.1. The summed E-state index contributed by atoms with van der Waals surface area (Å²) < 4.78 is 20.8. The zero-order valence-electron chi connectivity index (χ0n) is 15.1. The first-order chi connectivity index (χ1) is 13.0. The number of ether oxygens (including phenoxy) is 1. The smallest absolute Gasteiger partial charge is 0.276 e. The number of carbonyl (C=O) groups is 1. The Balaban J connectivity index is 1.49. The van der Waals surface area contributed by atoms with Gasteiger partial charge in [-0.25, -0.2) is 9.07 Å². The van der Waals surface area contributed by atoms with Crippen LogP contribution in [0.1, 0.15) is 23.0 Å². The van der Waals surface area contributed by atoms with E-state index in [2.05, 4.69) is 10.3 Å². The van der Waals surface area contributed by atoms with E-state index in [0.29, 0.717) is 24.4 Å². The van der Waals surface area contributed by atoms with Crippen LogP contribution >= 0.6 is 0 Å². The van der Waals surface area contributed by atoms with Crippen molar-refractivity contribution < 1.29 is 13.9 Å². The average molecular weight is 366 g/mol. The second-order valence-corrected chi connectivity index (χ2v) is 6.95. The maximum absolute atomic E-state index is 14.1. The molecule has 4 rings (SSSR count). The van der Waals surface area contributed by atoms with Crippen molar-refractivity contribution in [1.82, 2.24) is 19.9 Å². The Kier molecular flexibility index (Phi) is 4.14. The molecule has 2 aromatic carbocycles. The second kappa shape index (κ2) is 6.50. The van der Waals surface area contributed by atoms with Gasteiger partial charge in [-0.3, -0.25) is 4.79 Å². The van der Waals surface area contributed by atoms with Crippen molar-refractivity contribution >= 4 is 5.91 Å². The maximum Gasteiger partial charge on any atom is 0.276 e. The van der Waals surface area contributed by atoms with Gasteiger partial charge in [-0.1, -0.05) is 36.4 Å². The zero-order valence-corrected chi connectivity index (χ0v) is 15.1. The van der Waals surface area contributed by atoms with E-state index < -0.39 is 0 Å². The Morgan fingerprint density at radius 3 is 2.70 bits per heavy atom. The zero-order chi connectivity index (χ0) is 19.0. The van der Waals surface area contributed by atoms with Crippen LogP contribution in [0, 0.1) is 5.82 Å². The molecule has 6 nitrogen and oxygen atoms in total. The number of likely N-dealkylation sites (tertiary alicyclic amines) is 1. The van der Waals surface area contributed by atoms with Crippen LogP contribution in [0.25, 0.3) is 5.69 Å². The minimum Gasteiger partial charge on any atom is -0.497 e. The summed E-state index contributed by atoms with van der Waals surface area (Å²) in [5.74, 6) is 0.244. The third kappa shape index (κ3) is 3.05. The van der Waals surface area contributed by atoms with Gasteiger partial charge in [0.05, 0.1) is 19.0 Å². The normalized spacial score (nSPS) is 15.3. The molecule has 1 fully saturated rings. The van der Waals surface area contributed by atoms with Crippen molar-refractivity contribution in [3.8, 4) is 11.4 Å². The van der Waals surface area contributed by atoms with E-state index in [4.69, 9.17) is 4.74 Å². The van der Waals surface area contributed by atoms with Crippen LogP contribution in [0.5, 0.6) is 5.75 Å². The number of rotatable bonds is 4. The van der Waals surface area contributed by atoms with E-state index in [1.165, 1.54) is 10.7 Å². The number of hydrogen-bond acceptors (Lipinski definition) is 4. The Morgan fingerprint density at radius 1 is 1.19 bits per heavy atom. The molecule has 27 heavy (non-hydrogen) atoms. The molecule has 0 N–H and O–H groups in total. The predicted molar refractivity (Wildman–Crippen MR) is 97.6 cm³/mol. The summed E-state index contributed by atoms with van der Waals surface area (Å²) in [6.07, 6.45) is 1.59. The Morgan fingerprint density at radius 2 is 1.96 bits per heavy atom. The Bertz CT molecular complexity index is 995. The van der Waals surface area contributed by atoms with Gasteiger partial charge in [0.15, 0.2) is 5.69 Å². The summed E-state index contributed by atoms with van der Waals surface area (Å²) in [6.45, 7) is 2.85. The number of nitrogens with zero attached hydrogens (tertiary/aromatic N) is 4. The standard InChI is InChI=1S/C20H19FN4O2/c1-20(16-8-3-4-9-17(16)21)12-24(13-20)19(26)18-11-25(23-22-18)14-6-5-7-15(10-14)27-2/h3-11H,12-13H2,1-2H3. The molecule has 0 aliphatic carbocycles. The van der Waals surface area contributed by atoms with Crippen molar-refractivity contribution in [3.05, 3.63) is 71.8 Å². The summed E-state index contributed by atoms with van der Waals surface area (Å²) in [6, 6.07) is 14.0. The summed E-state index contributed by atoms with van der Waals surface area (Å²) in [4.78, 5) is 14.3. The molecule has 138 valence electrons. The third-order valence-electron chi connectivity index (χ3n) is 4.92. The number of aromatic nitrogens is 3. The molecule has 0 unspecified atom stereocenters. The van der Waals surface area contributed by atoms with Crippen molar-refractivity contribution in [1.29, 1.82) is 0 Å². The molecule has 2 heterocycles. The molecule has 1 aliphatic rings. The van der Waals surface area contributed by atoms with Gasteiger partial charge in [0, 0.05) is 24.6 Å². The molecule has 1 saturated heterocycles. The Labute approximate surface area is 156 Å². The summed E-state index contributed by atoms with van der Waals surface area (Å²) in [7, 11) is 1.59. The van der Waals surface area contributed by atoms with Crippen LogP contribution in [0.4, 0.5) is 4.39 Å². The monoisotopic (exact) mass is 366 g/mol. The van der Waals surface area contributed by atoms with Crippen LogP contribution in [-0.2, 0) is 5.41 Å². The average Bonchev–Trinajstić information content (AvgIpc) is 3.15. The largest absolute Gasteiger partial charge is 0.497 e. The molecule has 7 heteroatoms. The molecular weight excluding hydrogens is 347 g/mol. The molecule has 1 amide bonds. The number of methoxy groups -OCH3 is 1. The van der Waals surface area contributed by atoms with Gasteiger partial charge >= 0.3 is 0 Å². The number of hydrogen-bond donors (Lipinski definition) is 0. The van der Waals surface area contributed by atoms with Crippen molar-refractivity contribution in [2.75, 3.05) is 20.2 Å². The molecule has 1 aromatic heterocycles. The van der Waals surface area contributed by atoms with Gasteiger partial charge in [-0.2, -0.15) is 0 Å². The minimum atomic E-state index is -0.385. The second-order valence-electron chi connectivity index (χ2n) is 6.95. The van der Waals surface area contributed by atoms with Gasteiger partial charge in [0.2, 0.25) is 0 Å². The predicted octanol–water partition coefficient (Wildman–Crippen LogP) is 2.83. The van der Waals surface area contributed by atoms with Gasteiger partial charge in [0.1, 0.15) is 11.6 Å². The number of carbonyl (C=O) groups excluding carboxylic acids is 1. The first-order valence-corrected chi connectivity index (χ1v) is 8.61. The van der Waals surface area contributed by atoms with Crippen LogP contribution in [0.3, 0.4) is 0 Å². The van der Waals surface area contributed by atoms with Gasteiger partial charge in [-0.15, -0.1) is 5.10 Å². The SMILES string of the molecule is COc1cccc(-n2cc(C(=O)N3CC(C)(c4ccccc4F)C3)nn2)c1. The van der Waals surface area contributed by atoms with E-state index in [-0.39, 0.29) is 22.8 Å². The molecular formula is C20H19FN4O2. The van der Waals surface area contributed by atoms with E-state index in [9.17, 15) is 9.18 Å². The molecule has 0 atom stereocenters. The third-order valence-corrected chi connectivity index (χ3v) is 4.92. The molecule has 0 saturated carbocycles. The van der Waals surface area contributed by atoms with Crippen LogP contribution in [0.2, 0.25) is 0 Å². The highest BCUT2D eigenvalue weighted by Crippen LogP contribution is 2.36. The van der Waals surface area contributed by atoms with Crippen LogP contribution < -0.4 is 4.74 Å². The Hall–Kier alpha value is -3.22. The van der Waals surface area contributed by atoms with E-state index in [1.54, 1.807) is 30.3 Å². The van der Waals surface area contributed by atoms with Crippen molar-refractivity contribution in [2.24, 2.45) is 0 Å². The van der Waals surface area contributed by atoms with E-state index in [1.807, 2.05) is 37.3 Å². The van der Waals surface area contributed by atoms with E-state index in [0.717, 1.165) is 5.69 Å². The summed E-state index contributed by atoms with van der Waals surface area (Å²) in [5.41, 5.74) is 1.26. The lowest BCUT2D eigenvalue weighted by molar-refractivity contribution is 0.0419. The van der Waals surface area contributed by atoms with Crippen molar-refractivity contribution in [2.45, 2.75) is 12.3 Å². The number of benzene rings is 2. The van der Waals surface area contributed by atoms with Gasteiger partial charge in [0.25, 0.3) is 5.91 Å². The van der Waals surface area contributed by atoms with E-state index >= 15 is 0 Å². The summed E-state index contributed by atoms with van der Waals surface area (Å²) >= 11 is 0. The van der Waals surface area contributed by atoms with Crippen LogP contribution in [0.15, 0.2) is 54.7 Å². The topological polar surface area (TPSA) is 60.2 Å². The fourth-order valence-electron chi connectivity index (χ4n) is 3.46. The lowest BCUT2D eigenvalue weighted by Crippen LogP contribution is -2.60. The fourth-order valence-corrected chi connectivity index (χ4v) is 3.46. The highest BCUT2D eigenvalue weighted by molar-refractivity contribution is 5.93. The number of halogens is 1. The maximum atomic E-state index is 14.1. The lowest BCUT2D eigenvalue weighted by atomic mass is 9.75. The van der Waals surface area contributed by atoms with Crippen LogP contribution in [-0.4, -0.2) is 46.0 Å². The molecule has 0 bridgehead atoms. The first-order valence-electron chi connectivity index (χ1n) is 8.61. The van der Waals surface area contributed by atoms with Gasteiger partial charge < -0.3 is 9.64 Å². The van der Waals surface area contributed by atoms with Crippen molar-refractivity contribution in [3.63, 3.8) is 0 Å². The molecule has 0 spiro atoms. The first kappa shape index (κ1) is 17.2. The molecule has 3 aromatic rings. The minimum absolute atomic E-state index is 0.210.